The van der Waals surface area contributed by atoms with Crippen molar-refractivity contribution in [1.29, 1.82) is 0 Å². The summed E-state index contributed by atoms with van der Waals surface area (Å²) in [7, 11) is 0. The van der Waals surface area contributed by atoms with E-state index in [1.165, 1.54) is 23.1 Å². The van der Waals surface area contributed by atoms with E-state index in [4.69, 9.17) is 0 Å². The summed E-state index contributed by atoms with van der Waals surface area (Å²) in [5, 5.41) is 1.09. The first-order chi connectivity index (χ1) is 14.8. The van der Waals surface area contributed by atoms with Gasteiger partial charge in [-0.05, 0) is 30.2 Å². The minimum absolute atomic E-state index is 0.0203. The van der Waals surface area contributed by atoms with Crippen LogP contribution in [0.2, 0.25) is 0 Å². The number of para-hydroxylation sites is 1. The molecule has 2 amide bonds. The van der Waals surface area contributed by atoms with Crippen LogP contribution in [0.5, 0.6) is 0 Å². The highest BCUT2D eigenvalue weighted by Crippen LogP contribution is 2.32. The number of halogens is 3. The maximum Gasteiger partial charge on any atom is 0.417 e. The fourth-order valence-electron chi connectivity index (χ4n) is 3.98. The highest BCUT2D eigenvalue weighted by Gasteiger charge is 2.36. The Morgan fingerprint density at radius 3 is 2.29 bits per heavy atom. The second kappa shape index (κ2) is 8.45. The third-order valence-electron chi connectivity index (χ3n) is 5.67. The van der Waals surface area contributed by atoms with Gasteiger partial charge in [-0.2, -0.15) is 13.2 Å². The molecule has 1 N–H and O–H groups in total. The number of rotatable bonds is 4. The second-order valence-corrected chi connectivity index (χ2v) is 7.58. The molecule has 4 rings (SSSR count). The number of nitrogens with zero attached hydrogens (tertiary/aromatic N) is 2. The molecular formula is C23H22F3N3O2. The van der Waals surface area contributed by atoms with Crippen molar-refractivity contribution in [2.24, 2.45) is 0 Å². The van der Waals surface area contributed by atoms with Gasteiger partial charge in [-0.15, -0.1) is 0 Å². The van der Waals surface area contributed by atoms with Gasteiger partial charge in [0.15, 0.2) is 0 Å². The maximum absolute atomic E-state index is 13.2. The Balaban J connectivity index is 1.34. The van der Waals surface area contributed by atoms with Gasteiger partial charge in [-0.1, -0.05) is 30.3 Å². The Labute approximate surface area is 177 Å². The largest absolute Gasteiger partial charge is 0.417 e. The number of hydrogen-bond acceptors (Lipinski definition) is 2. The number of amides is 2. The van der Waals surface area contributed by atoms with E-state index in [1.807, 2.05) is 30.5 Å². The fourth-order valence-corrected chi connectivity index (χ4v) is 3.98. The zero-order valence-corrected chi connectivity index (χ0v) is 16.8. The van der Waals surface area contributed by atoms with Gasteiger partial charge in [0.05, 0.1) is 11.1 Å². The van der Waals surface area contributed by atoms with Crippen LogP contribution in [0.15, 0.2) is 54.7 Å². The van der Waals surface area contributed by atoms with Crippen molar-refractivity contribution in [3.63, 3.8) is 0 Å². The van der Waals surface area contributed by atoms with Gasteiger partial charge in [0.2, 0.25) is 5.91 Å². The summed E-state index contributed by atoms with van der Waals surface area (Å²) in [6.07, 6.45) is -1.74. The van der Waals surface area contributed by atoms with Crippen LogP contribution in [0.3, 0.4) is 0 Å². The van der Waals surface area contributed by atoms with Crippen molar-refractivity contribution in [3.05, 3.63) is 71.4 Å². The number of benzene rings is 2. The predicted octanol–water partition coefficient (Wildman–Crippen LogP) is 4.10. The minimum atomic E-state index is -4.59. The van der Waals surface area contributed by atoms with Crippen molar-refractivity contribution in [1.82, 2.24) is 14.8 Å². The predicted molar refractivity (Wildman–Crippen MR) is 111 cm³/mol. The standard InChI is InChI=1S/C23H22F3N3O2/c24-23(25,26)19-7-3-1-6-18(19)22(31)29-13-11-28(12-14-29)21(30)10-9-16-15-27-20-8-4-2-5-17(16)20/h1-8,15,27H,9-14H2. The fraction of sp³-hybridized carbons (Fsp3) is 0.304. The molecule has 0 spiro atoms. The highest BCUT2D eigenvalue weighted by atomic mass is 19.4. The summed E-state index contributed by atoms with van der Waals surface area (Å²) < 4.78 is 39.7. The number of carbonyl (C=O) groups excluding carboxylic acids is 2. The topological polar surface area (TPSA) is 56.4 Å². The molecule has 31 heavy (non-hydrogen) atoms. The number of H-pyrrole nitrogens is 1. The summed E-state index contributed by atoms with van der Waals surface area (Å²) in [6.45, 7) is 1.05. The van der Waals surface area contributed by atoms with E-state index < -0.39 is 17.6 Å². The van der Waals surface area contributed by atoms with Crippen LogP contribution in [0.25, 0.3) is 10.9 Å². The Morgan fingerprint density at radius 2 is 1.55 bits per heavy atom. The van der Waals surface area contributed by atoms with Gasteiger partial charge in [0.1, 0.15) is 0 Å². The van der Waals surface area contributed by atoms with Crippen LogP contribution in [0.1, 0.15) is 27.9 Å². The number of aryl methyl sites for hydroxylation is 1. The number of carbonyl (C=O) groups is 2. The van der Waals surface area contributed by atoms with Gasteiger partial charge >= 0.3 is 6.18 Å². The van der Waals surface area contributed by atoms with E-state index >= 15 is 0 Å². The Hall–Kier alpha value is -3.29. The van der Waals surface area contributed by atoms with E-state index in [9.17, 15) is 22.8 Å². The Kier molecular flexibility index (Phi) is 5.71. The summed E-state index contributed by atoms with van der Waals surface area (Å²) in [5.41, 5.74) is 0.809. The first-order valence-corrected chi connectivity index (χ1v) is 10.1. The molecule has 1 aliphatic rings. The van der Waals surface area contributed by atoms with Crippen molar-refractivity contribution in [3.8, 4) is 0 Å². The number of aromatic nitrogens is 1. The van der Waals surface area contributed by atoms with E-state index in [2.05, 4.69) is 4.98 Å². The lowest BCUT2D eigenvalue weighted by Crippen LogP contribution is -2.50. The highest BCUT2D eigenvalue weighted by molar-refractivity contribution is 5.96. The van der Waals surface area contributed by atoms with E-state index in [1.54, 1.807) is 4.90 Å². The van der Waals surface area contributed by atoms with Gasteiger partial charge in [-0.25, -0.2) is 0 Å². The molecular weight excluding hydrogens is 407 g/mol. The molecule has 0 atom stereocenters. The molecule has 2 aromatic carbocycles. The molecule has 0 saturated carbocycles. The zero-order valence-electron chi connectivity index (χ0n) is 16.8. The lowest BCUT2D eigenvalue weighted by atomic mass is 10.1. The van der Waals surface area contributed by atoms with Gasteiger partial charge in [-0.3, -0.25) is 9.59 Å². The SMILES string of the molecule is O=C(CCc1c[nH]c2ccccc12)N1CCN(C(=O)c2ccccc2C(F)(F)F)CC1. The molecule has 1 aliphatic heterocycles. The molecule has 0 aliphatic carbocycles. The minimum Gasteiger partial charge on any atom is -0.361 e. The monoisotopic (exact) mass is 429 g/mol. The first-order valence-electron chi connectivity index (χ1n) is 10.1. The van der Waals surface area contributed by atoms with Crippen LogP contribution < -0.4 is 0 Å². The molecule has 2 heterocycles. The van der Waals surface area contributed by atoms with Gasteiger partial charge in [0.25, 0.3) is 5.91 Å². The Bertz CT molecular complexity index is 1100. The molecule has 5 nitrogen and oxygen atoms in total. The lowest BCUT2D eigenvalue weighted by Gasteiger charge is -2.35. The van der Waals surface area contributed by atoms with Crippen LogP contribution in [0, 0.1) is 0 Å². The molecule has 162 valence electrons. The molecule has 0 unspecified atom stereocenters. The smallest absolute Gasteiger partial charge is 0.361 e. The zero-order chi connectivity index (χ0) is 22.0. The molecule has 1 fully saturated rings. The number of alkyl halides is 3. The second-order valence-electron chi connectivity index (χ2n) is 7.58. The van der Waals surface area contributed by atoms with Crippen LogP contribution in [-0.2, 0) is 17.4 Å². The van der Waals surface area contributed by atoms with Gasteiger partial charge < -0.3 is 14.8 Å². The summed E-state index contributed by atoms with van der Waals surface area (Å²) in [6, 6.07) is 12.7. The van der Waals surface area contributed by atoms with Crippen LogP contribution in [0.4, 0.5) is 13.2 Å². The molecule has 1 aromatic heterocycles. The third-order valence-corrected chi connectivity index (χ3v) is 5.67. The molecule has 0 radical (unpaired) electrons. The lowest BCUT2D eigenvalue weighted by molar-refractivity contribution is -0.138. The van der Waals surface area contributed by atoms with E-state index in [-0.39, 0.29) is 24.6 Å². The van der Waals surface area contributed by atoms with E-state index in [0.29, 0.717) is 25.9 Å². The number of piperazine rings is 1. The summed E-state index contributed by atoms with van der Waals surface area (Å²) in [4.78, 5) is 31.5. The van der Waals surface area contributed by atoms with Crippen molar-refractivity contribution in [2.75, 3.05) is 26.2 Å². The van der Waals surface area contributed by atoms with Crippen LogP contribution in [-0.4, -0.2) is 52.8 Å². The summed E-state index contributed by atoms with van der Waals surface area (Å²) >= 11 is 0. The molecule has 0 bridgehead atoms. The number of nitrogens with one attached hydrogen (secondary N) is 1. The van der Waals surface area contributed by atoms with Crippen LogP contribution >= 0.6 is 0 Å². The van der Waals surface area contributed by atoms with Crippen molar-refractivity contribution >= 4 is 22.7 Å². The average molecular weight is 429 g/mol. The van der Waals surface area contributed by atoms with Crippen molar-refractivity contribution < 1.29 is 22.8 Å². The number of hydrogen-bond donors (Lipinski definition) is 1. The normalized spacial score (nSPS) is 14.8. The quantitative estimate of drug-likeness (QED) is 0.679. The maximum atomic E-state index is 13.2. The molecule has 1 saturated heterocycles. The van der Waals surface area contributed by atoms with E-state index in [0.717, 1.165) is 22.5 Å². The third kappa shape index (κ3) is 4.42. The van der Waals surface area contributed by atoms with Gasteiger partial charge in [0, 0.05) is 49.7 Å². The number of aromatic amines is 1. The summed E-state index contributed by atoms with van der Waals surface area (Å²) in [5.74, 6) is -0.674. The molecule has 3 aromatic rings. The van der Waals surface area contributed by atoms with Crippen molar-refractivity contribution in [2.45, 2.75) is 19.0 Å². The average Bonchev–Trinajstić information content (AvgIpc) is 3.19. The number of fused-ring (bicyclic) bond motifs is 1. The Morgan fingerprint density at radius 1 is 0.903 bits per heavy atom. The first kappa shape index (κ1) is 21.0. The molecule has 8 heteroatoms.